The summed E-state index contributed by atoms with van der Waals surface area (Å²) in [6, 6.07) is 4.09. The molecule has 6 heteroatoms. The molecule has 0 bridgehead atoms. The number of cyclic esters (lactones) is 1. The van der Waals surface area contributed by atoms with Crippen LogP contribution in [0.3, 0.4) is 0 Å². The van der Waals surface area contributed by atoms with Crippen LogP contribution in [-0.4, -0.2) is 36.2 Å². The fourth-order valence-electron chi connectivity index (χ4n) is 6.11. The molecule has 5 atom stereocenters. The number of thiophene rings is 1. The Kier molecular flexibility index (Phi) is 6.46. The van der Waals surface area contributed by atoms with Crippen LogP contribution in [-0.2, 0) is 20.7 Å². The Labute approximate surface area is 194 Å². The molecule has 2 aliphatic carbocycles. The lowest BCUT2D eigenvalue weighted by atomic mass is 9.46. The minimum absolute atomic E-state index is 0.0187. The van der Waals surface area contributed by atoms with Gasteiger partial charge < -0.3 is 15.2 Å². The molecule has 2 heterocycles. The molecule has 0 spiro atoms. The van der Waals surface area contributed by atoms with Crippen molar-refractivity contribution in [2.75, 3.05) is 13.2 Å². The number of hydrogen-bond acceptors (Lipinski definition) is 5. The lowest BCUT2D eigenvalue weighted by Gasteiger charge is -2.58. The quantitative estimate of drug-likeness (QED) is 0.498. The third-order valence-electron chi connectivity index (χ3n) is 8.02. The van der Waals surface area contributed by atoms with Crippen molar-refractivity contribution in [1.29, 1.82) is 0 Å². The molecule has 4 rings (SSSR count). The van der Waals surface area contributed by atoms with E-state index in [1.165, 1.54) is 4.88 Å². The lowest BCUT2D eigenvalue weighted by molar-refractivity contribution is -0.164. The number of esters is 1. The Hall–Kier alpha value is -2.18. The van der Waals surface area contributed by atoms with Gasteiger partial charge >= 0.3 is 5.97 Å². The van der Waals surface area contributed by atoms with Crippen LogP contribution >= 0.6 is 11.3 Å². The van der Waals surface area contributed by atoms with Gasteiger partial charge in [-0.1, -0.05) is 37.3 Å². The van der Waals surface area contributed by atoms with E-state index >= 15 is 0 Å². The number of allylic oxidation sites excluding steroid dienone is 2. The first kappa shape index (κ1) is 23.0. The highest BCUT2D eigenvalue weighted by atomic mass is 32.1. The maximum absolute atomic E-state index is 13.5. The van der Waals surface area contributed by atoms with Gasteiger partial charge in [0.15, 0.2) is 0 Å². The van der Waals surface area contributed by atoms with Crippen molar-refractivity contribution >= 4 is 23.2 Å². The summed E-state index contributed by atoms with van der Waals surface area (Å²) in [6.07, 6.45) is 8.86. The fourth-order valence-corrected chi connectivity index (χ4v) is 6.82. The van der Waals surface area contributed by atoms with Gasteiger partial charge in [-0.2, -0.15) is 0 Å². The number of aliphatic hydroxyl groups excluding tert-OH is 1. The Morgan fingerprint density at radius 2 is 2.22 bits per heavy atom. The minimum atomic E-state index is -0.860. The second-order valence-electron chi connectivity index (χ2n) is 9.77. The highest BCUT2D eigenvalue weighted by Gasteiger charge is 2.60. The van der Waals surface area contributed by atoms with E-state index in [0.717, 1.165) is 31.3 Å². The minimum Gasteiger partial charge on any atom is -0.458 e. The van der Waals surface area contributed by atoms with Crippen molar-refractivity contribution in [3.63, 3.8) is 0 Å². The molecule has 1 aliphatic heterocycles. The number of nitrogens with one attached hydrogen (secondary N) is 1. The van der Waals surface area contributed by atoms with Crippen molar-refractivity contribution in [3.8, 4) is 0 Å². The fraction of sp³-hybridized carbons (Fsp3) is 0.538. The van der Waals surface area contributed by atoms with Gasteiger partial charge in [0, 0.05) is 17.3 Å². The molecule has 2 N–H and O–H groups in total. The van der Waals surface area contributed by atoms with E-state index in [1.54, 1.807) is 17.4 Å². The summed E-state index contributed by atoms with van der Waals surface area (Å²) in [5.74, 6) is -0.292. The van der Waals surface area contributed by atoms with E-state index in [-0.39, 0.29) is 29.1 Å². The SMILES string of the molecule is C=C1CC[C@H]2[C@@](C)(CC[C@@H](O)[C@@]2(C)C(=O)NCCc2cccs2)[C@@H]1/C=C/C1=CCOC1=O. The Balaban J connectivity index is 1.55. The molecular weight excluding hydrogens is 422 g/mol. The van der Waals surface area contributed by atoms with Gasteiger partial charge in [0.1, 0.15) is 6.61 Å². The van der Waals surface area contributed by atoms with Gasteiger partial charge in [-0.15, -0.1) is 11.3 Å². The molecule has 0 saturated heterocycles. The van der Waals surface area contributed by atoms with Crippen molar-refractivity contribution < 1.29 is 19.4 Å². The Morgan fingerprint density at radius 1 is 1.41 bits per heavy atom. The summed E-state index contributed by atoms with van der Waals surface area (Å²) in [5.41, 5.74) is 0.631. The first-order chi connectivity index (χ1) is 15.3. The van der Waals surface area contributed by atoms with Gasteiger partial charge in [-0.3, -0.25) is 4.79 Å². The Morgan fingerprint density at radius 3 is 2.91 bits per heavy atom. The summed E-state index contributed by atoms with van der Waals surface area (Å²) < 4.78 is 5.02. The zero-order valence-corrected chi connectivity index (χ0v) is 19.7. The topological polar surface area (TPSA) is 75.6 Å². The summed E-state index contributed by atoms with van der Waals surface area (Å²) in [7, 11) is 0. The van der Waals surface area contributed by atoms with Crippen LogP contribution in [0.2, 0.25) is 0 Å². The molecule has 1 aromatic rings. The number of amides is 1. The summed E-state index contributed by atoms with van der Waals surface area (Å²) in [6.45, 7) is 9.38. The number of carbonyl (C=O) groups excluding carboxylic acids is 2. The summed E-state index contributed by atoms with van der Waals surface area (Å²) in [4.78, 5) is 26.6. The first-order valence-corrected chi connectivity index (χ1v) is 12.4. The lowest BCUT2D eigenvalue weighted by Crippen LogP contribution is -2.61. The molecule has 5 nitrogen and oxygen atoms in total. The van der Waals surface area contributed by atoms with Crippen molar-refractivity contribution in [2.24, 2.45) is 22.7 Å². The number of ether oxygens (including phenoxy) is 1. The zero-order chi connectivity index (χ0) is 22.9. The predicted octanol–water partition coefficient (Wildman–Crippen LogP) is 4.20. The van der Waals surface area contributed by atoms with E-state index in [0.29, 0.717) is 25.1 Å². The highest BCUT2D eigenvalue weighted by Crippen LogP contribution is 2.61. The number of fused-ring (bicyclic) bond motifs is 1. The molecular formula is C26H33NO4S. The van der Waals surface area contributed by atoms with E-state index in [1.807, 2.05) is 24.4 Å². The van der Waals surface area contributed by atoms with E-state index in [4.69, 9.17) is 4.74 Å². The van der Waals surface area contributed by atoms with E-state index < -0.39 is 11.5 Å². The highest BCUT2D eigenvalue weighted by molar-refractivity contribution is 7.09. The molecule has 2 fully saturated rings. The maximum Gasteiger partial charge on any atom is 0.338 e. The summed E-state index contributed by atoms with van der Waals surface area (Å²) in [5, 5.41) is 16.2. The van der Waals surface area contributed by atoms with Crippen LogP contribution in [0.5, 0.6) is 0 Å². The molecule has 32 heavy (non-hydrogen) atoms. The van der Waals surface area contributed by atoms with Crippen molar-refractivity contribution in [1.82, 2.24) is 5.32 Å². The number of aliphatic hydroxyl groups is 1. The molecule has 1 amide bonds. The first-order valence-electron chi connectivity index (χ1n) is 11.5. The normalized spacial score (nSPS) is 34.8. The van der Waals surface area contributed by atoms with Crippen molar-refractivity contribution in [3.05, 3.63) is 58.3 Å². The van der Waals surface area contributed by atoms with Gasteiger partial charge in [0.05, 0.1) is 17.1 Å². The van der Waals surface area contributed by atoms with Crippen LogP contribution < -0.4 is 5.32 Å². The van der Waals surface area contributed by atoms with Crippen LogP contribution in [0, 0.1) is 22.7 Å². The van der Waals surface area contributed by atoms with Crippen LogP contribution in [0.15, 0.2) is 53.5 Å². The zero-order valence-electron chi connectivity index (χ0n) is 18.9. The average molecular weight is 456 g/mol. The monoisotopic (exact) mass is 455 g/mol. The molecule has 1 aromatic heterocycles. The van der Waals surface area contributed by atoms with Gasteiger partial charge in [0.25, 0.3) is 0 Å². The molecule has 0 radical (unpaired) electrons. The number of hydrogen-bond donors (Lipinski definition) is 2. The molecule has 0 aromatic carbocycles. The summed E-state index contributed by atoms with van der Waals surface area (Å²) >= 11 is 1.69. The average Bonchev–Trinajstić information content (AvgIpc) is 3.42. The van der Waals surface area contributed by atoms with Crippen LogP contribution in [0.1, 0.15) is 44.4 Å². The second-order valence-corrected chi connectivity index (χ2v) is 10.8. The maximum atomic E-state index is 13.5. The van der Waals surface area contributed by atoms with Crippen molar-refractivity contribution in [2.45, 2.75) is 52.1 Å². The third kappa shape index (κ3) is 3.99. The van der Waals surface area contributed by atoms with E-state index in [9.17, 15) is 14.7 Å². The van der Waals surface area contributed by atoms with E-state index in [2.05, 4.69) is 31.0 Å². The van der Waals surface area contributed by atoms with Gasteiger partial charge in [-0.25, -0.2) is 4.79 Å². The third-order valence-corrected chi connectivity index (χ3v) is 8.96. The number of carbonyl (C=O) groups is 2. The number of rotatable bonds is 6. The second kappa shape index (κ2) is 8.99. The molecule has 172 valence electrons. The van der Waals surface area contributed by atoms with Crippen LogP contribution in [0.25, 0.3) is 0 Å². The van der Waals surface area contributed by atoms with Gasteiger partial charge in [0.2, 0.25) is 5.91 Å². The standard InChI is InChI=1S/C26H33NO4S/c1-17-6-9-21-25(2,20(17)8-7-18-12-15-31-23(18)29)13-10-22(28)26(21,3)24(30)27-14-11-19-5-4-16-32-19/h4-5,7-8,12,16,20-22,28H,1,6,9-11,13-15H2,2-3H3,(H,27,30)/b8-7+/t20-,21+,22-,25+,26+/m1/s1. The Bertz CT molecular complexity index is 949. The predicted molar refractivity (Wildman–Crippen MR) is 126 cm³/mol. The largest absolute Gasteiger partial charge is 0.458 e. The molecule has 0 unspecified atom stereocenters. The smallest absolute Gasteiger partial charge is 0.338 e. The van der Waals surface area contributed by atoms with Crippen LogP contribution in [0.4, 0.5) is 0 Å². The molecule has 3 aliphatic rings. The molecule has 2 saturated carbocycles. The van der Waals surface area contributed by atoms with Gasteiger partial charge in [-0.05, 0) is 67.9 Å².